The normalized spacial score (nSPS) is 17.3. The van der Waals surface area contributed by atoms with Gasteiger partial charge in [0, 0.05) is 12.2 Å². The van der Waals surface area contributed by atoms with Crippen LogP contribution in [0.25, 0.3) is 0 Å². The highest BCUT2D eigenvalue weighted by Gasteiger charge is 2.41. The molecular weight excluding hydrogens is 259 g/mol. The number of hydrogen-bond donors (Lipinski definition) is 0. The van der Waals surface area contributed by atoms with Gasteiger partial charge in [-0.25, -0.2) is 0 Å². The number of amides is 2. The van der Waals surface area contributed by atoms with Gasteiger partial charge in [-0.1, -0.05) is 0 Å². The van der Waals surface area contributed by atoms with E-state index in [9.17, 15) is 31.2 Å². The van der Waals surface area contributed by atoms with Crippen LogP contribution in [0.4, 0.5) is 13.2 Å². The molecule has 0 spiro atoms. The first-order valence-electron chi connectivity index (χ1n) is 3.39. The summed E-state index contributed by atoms with van der Waals surface area (Å²) in [6, 6.07) is 0. The smallest absolute Gasteiger partial charge is 0.267 e. The number of halogens is 3. The van der Waals surface area contributed by atoms with Crippen molar-refractivity contribution in [3.8, 4) is 0 Å². The van der Waals surface area contributed by atoms with Crippen molar-refractivity contribution in [1.29, 1.82) is 0 Å². The van der Waals surface area contributed by atoms with Crippen molar-refractivity contribution in [2.45, 2.75) is 6.36 Å². The first-order chi connectivity index (χ1) is 7.11. The molecule has 0 aromatic heterocycles. The summed E-state index contributed by atoms with van der Waals surface area (Å²) in [5.41, 5.74) is 0. The van der Waals surface area contributed by atoms with E-state index in [4.69, 9.17) is 0 Å². The third kappa shape index (κ3) is 3.29. The Labute approximate surface area is 86.3 Å². The van der Waals surface area contributed by atoms with Crippen LogP contribution in [-0.2, 0) is 28.5 Å². The molecule has 1 aliphatic heterocycles. The summed E-state index contributed by atoms with van der Waals surface area (Å²) in [7, 11) is -5.57. The van der Waals surface area contributed by atoms with Gasteiger partial charge in [0.2, 0.25) is 0 Å². The number of carbonyl (C=O) groups excluding carboxylic acids is 2. The lowest BCUT2D eigenvalue weighted by Gasteiger charge is -2.12. The molecule has 0 aromatic rings. The van der Waals surface area contributed by atoms with E-state index in [0.29, 0.717) is 12.2 Å². The molecule has 7 nitrogen and oxygen atoms in total. The van der Waals surface area contributed by atoms with Gasteiger partial charge in [0.15, 0.2) is 0 Å². The van der Waals surface area contributed by atoms with Crippen molar-refractivity contribution in [1.82, 2.24) is 5.06 Å². The van der Waals surface area contributed by atoms with Gasteiger partial charge in [-0.3, -0.25) is 9.59 Å². The minimum absolute atomic E-state index is 0.388. The summed E-state index contributed by atoms with van der Waals surface area (Å²) in [6.45, 7) is 0. The standard InChI is InChI=1S/C5H2F3NO6S/c6-5(7,8)14-16(12,13)15-9-3(10)1-2-4(9)11/h1-2H. The zero-order valence-electron chi connectivity index (χ0n) is 7.09. The molecule has 0 radical (unpaired) electrons. The summed E-state index contributed by atoms with van der Waals surface area (Å²) in [5, 5.41) is -0.388. The van der Waals surface area contributed by atoms with E-state index in [2.05, 4.69) is 8.47 Å². The maximum absolute atomic E-state index is 11.5. The molecule has 0 unspecified atom stereocenters. The van der Waals surface area contributed by atoms with Crippen LogP contribution in [0.2, 0.25) is 0 Å². The van der Waals surface area contributed by atoms with Crippen LogP contribution in [0.5, 0.6) is 0 Å². The Bertz CT molecular complexity index is 433. The molecule has 0 aromatic carbocycles. The second kappa shape index (κ2) is 3.84. The molecule has 0 fully saturated rings. The average molecular weight is 261 g/mol. The van der Waals surface area contributed by atoms with E-state index < -0.39 is 28.6 Å². The number of hydrogen-bond acceptors (Lipinski definition) is 6. The predicted molar refractivity (Wildman–Crippen MR) is 38.1 cm³/mol. The monoisotopic (exact) mass is 261 g/mol. The SMILES string of the molecule is O=C1C=CC(=O)N1OS(=O)(=O)OC(F)(F)F. The number of imide groups is 1. The Balaban J connectivity index is 2.75. The Hall–Kier alpha value is -1.46. The number of hydroxylamine groups is 2. The first kappa shape index (κ1) is 12.6. The molecule has 0 atom stereocenters. The molecule has 0 bridgehead atoms. The number of nitrogens with zero attached hydrogens (tertiary/aromatic N) is 1. The number of rotatable bonds is 3. The quantitative estimate of drug-likeness (QED) is 0.643. The van der Waals surface area contributed by atoms with Gasteiger partial charge in [0.25, 0.3) is 11.8 Å². The third-order valence-electron chi connectivity index (χ3n) is 1.13. The van der Waals surface area contributed by atoms with Gasteiger partial charge in [0.05, 0.1) is 0 Å². The van der Waals surface area contributed by atoms with Crippen molar-refractivity contribution >= 4 is 22.2 Å². The van der Waals surface area contributed by atoms with Crippen LogP contribution in [0.1, 0.15) is 0 Å². The summed E-state index contributed by atoms with van der Waals surface area (Å²) >= 11 is 0. The first-order valence-corrected chi connectivity index (χ1v) is 4.72. The molecule has 90 valence electrons. The number of carbonyl (C=O) groups is 2. The Kier molecular flexibility index (Phi) is 3.03. The highest BCUT2D eigenvalue weighted by atomic mass is 32.3. The lowest BCUT2D eigenvalue weighted by molar-refractivity contribution is -0.278. The van der Waals surface area contributed by atoms with E-state index in [1.165, 1.54) is 0 Å². The van der Waals surface area contributed by atoms with Crippen molar-refractivity contribution in [2.24, 2.45) is 0 Å². The predicted octanol–water partition coefficient (Wildman–Crippen LogP) is -0.376. The summed E-state index contributed by atoms with van der Waals surface area (Å²) in [6.07, 6.45) is -4.28. The zero-order valence-corrected chi connectivity index (χ0v) is 7.91. The van der Waals surface area contributed by atoms with Crippen LogP contribution in [0, 0.1) is 0 Å². The zero-order chi connectivity index (χ0) is 12.6. The molecule has 0 saturated heterocycles. The number of alkyl halides is 3. The molecule has 1 rings (SSSR count). The fourth-order valence-corrected chi connectivity index (χ4v) is 1.27. The van der Waals surface area contributed by atoms with Gasteiger partial charge < -0.3 is 0 Å². The van der Waals surface area contributed by atoms with E-state index in [0.717, 1.165) is 0 Å². The van der Waals surface area contributed by atoms with Gasteiger partial charge >= 0.3 is 16.8 Å². The third-order valence-corrected chi connectivity index (χ3v) is 1.86. The topological polar surface area (TPSA) is 90.0 Å². The summed E-state index contributed by atoms with van der Waals surface area (Å²) < 4.78 is 61.8. The van der Waals surface area contributed by atoms with E-state index in [-0.39, 0.29) is 5.06 Å². The molecule has 0 N–H and O–H groups in total. The molecule has 11 heteroatoms. The van der Waals surface area contributed by atoms with Crippen molar-refractivity contribution < 1.29 is 39.6 Å². The fraction of sp³-hybridized carbons (Fsp3) is 0.200. The van der Waals surface area contributed by atoms with Crippen LogP contribution in [0.3, 0.4) is 0 Å². The Morgan fingerprint density at radius 1 is 1.12 bits per heavy atom. The highest BCUT2D eigenvalue weighted by Crippen LogP contribution is 2.21. The Morgan fingerprint density at radius 2 is 1.56 bits per heavy atom. The fourth-order valence-electron chi connectivity index (χ4n) is 0.682. The molecule has 0 saturated carbocycles. The van der Waals surface area contributed by atoms with Crippen LogP contribution in [0.15, 0.2) is 12.2 Å². The second-order valence-corrected chi connectivity index (χ2v) is 3.45. The average Bonchev–Trinajstić information content (AvgIpc) is 2.30. The molecular formula is C5H2F3NO6S. The summed E-state index contributed by atoms with van der Waals surface area (Å²) in [4.78, 5) is 21.4. The summed E-state index contributed by atoms with van der Waals surface area (Å²) in [5.74, 6) is -2.47. The van der Waals surface area contributed by atoms with Gasteiger partial charge in [-0.05, 0) is 0 Å². The highest BCUT2D eigenvalue weighted by molar-refractivity contribution is 7.81. The minimum atomic E-state index is -5.57. The van der Waals surface area contributed by atoms with Gasteiger partial charge in [0.1, 0.15) is 0 Å². The van der Waals surface area contributed by atoms with Crippen LogP contribution in [-0.4, -0.2) is 31.7 Å². The van der Waals surface area contributed by atoms with Gasteiger partial charge in [-0.15, -0.1) is 26.7 Å². The second-order valence-electron chi connectivity index (χ2n) is 2.32. The lowest BCUT2D eigenvalue weighted by atomic mass is 10.6. The van der Waals surface area contributed by atoms with E-state index in [1.54, 1.807) is 0 Å². The largest absolute Gasteiger partial charge is 0.538 e. The minimum Gasteiger partial charge on any atom is -0.267 e. The van der Waals surface area contributed by atoms with Gasteiger partial charge in [-0.2, -0.15) is 8.42 Å². The van der Waals surface area contributed by atoms with Crippen molar-refractivity contribution in [2.75, 3.05) is 0 Å². The van der Waals surface area contributed by atoms with E-state index >= 15 is 0 Å². The maximum Gasteiger partial charge on any atom is 0.538 e. The van der Waals surface area contributed by atoms with Crippen molar-refractivity contribution in [3.63, 3.8) is 0 Å². The van der Waals surface area contributed by atoms with E-state index in [1.807, 2.05) is 0 Å². The van der Waals surface area contributed by atoms with Crippen molar-refractivity contribution in [3.05, 3.63) is 12.2 Å². The molecule has 2 amide bonds. The molecule has 1 heterocycles. The Morgan fingerprint density at radius 3 is 1.94 bits per heavy atom. The molecule has 1 aliphatic rings. The van der Waals surface area contributed by atoms with Crippen LogP contribution >= 0.6 is 0 Å². The molecule has 16 heavy (non-hydrogen) atoms. The molecule has 0 aliphatic carbocycles. The maximum atomic E-state index is 11.5. The van der Waals surface area contributed by atoms with Crippen LogP contribution < -0.4 is 0 Å². The lowest BCUT2D eigenvalue weighted by Crippen LogP contribution is -2.35.